The molecule has 7 nitrogen and oxygen atoms in total. The van der Waals surface area contributed by atoms with Crippen LogP contribution in [-0.4, -0.2) is 36.5 Å². The number of rotatable bonds is 6. The third-order valence-corrected chi connectivity index (χ3v) is 3.94. The summed E-state index contributed by atoms with van der Waals surface area (Å²) in [7, 11) is 0. The molecule has 1 saturated heterocycles. The van der Waals surface area contributed by atoms with Gasteiger partial charge in [-0.2, -0.15) is 0 Å². The van der Waals surface area contributed by atoms with E-state index in [1.165, 1.54) is 6.07 Å². The zero-order valence-electron chi connectivity index (χ0n) is 12.7. The Morgan fingerprint density at radius 3 is 2.95 bits per heavy atom. The normalized spacial score (nSPS) is 21.1. The molecule has 120 valence electrons. The van der Waals surface area contributed by atoms with Crippen LogP contribution in [0.25, 0.3) is 0 Å². The van der Waals surface area contributed by atoms with E-state index in [-0.39, 0.29) is 24.1 Å². The number of nitro benzene ring substituents is 1. The number of carbonyl (C=O) groups excluding carboxylic acids is 1. The molecule has 1 fully saturated rings. The van der Waals surface area contributed by atoms with Gasteiger partial charge < -0.3 is 16.0 Å². The van der Waals surface area contributed by atoms with Gasteiger partial charge in [-0.3, -0.25) is 14.9 Å². The molecular weight excluding hydrogens is 284 g/mol. The molecule has 0 aromatic heterocycles. The van der Waals surface area contributed by atoms with Crippen molar-refractivity contribution in [1.82, 2.24) is 10.6 Å². The van der Waals surface area contributed by atoms with Crippen molar-refractivity contribution in [2.45, 2.75) is 25.8 Å². The second-order valence-electron chi connectivity index (χ2n) is 5.60. The average Bonchev–Trinajstić information content (AvgIpc) is 2.50. The smallest absolute Gasteiger partial charge is 0.292 e. The predicted molar refractivity (Wildman–Crippen MR) is 84.8 cm³/mol. The van der Waals surface area contributed by atoms with Crippen LogP contribution in [0.1, 0.15) is 19.8 Å². The predicted octanol–water partition coefficient (Wildman–Crippen LogP) is 1.51. The van der Waals surface area contributed by atoms with Crippen LogP contribution in [0.4, 0.5) is 11.4 Å². The minimum absolute atomic E-state index is 0.0213. The molecule has 1 amide bonds. The van der Waals surface area contributed by atoms with Gasteiger partial charge in [0.1, 0.15) is 5.69 Å². The third kappa shape index (κ3) is 4.42. The number of piperidine rings is 1. The Labute approximate surface area is 129 Å². The zero-order valence-corrected chi connectivity index (χ0v) is 12.7. The maximum atomic E-state index is 12.0. The Morgan fingerprint density at radius 2 is 2.23 bits per heavy atom. The van der Waals surface area contributed by atoms with E-state index in [2.05, 4.69) is 22.9 Å². The number of anilines is 1. The minimum Gasteiger partial charge on any atom is -0.379 e. The van der Waals surface area contributed by atoms with Gasteiger partial charge in [-0.1, -0.05) is 19.1 Å². The largest absolute Gasteiger partial charge is 0.379 e. The molecule has 2 rings (SSSR count). The van der Waals surface area contributed by atoms with E-state index in [4.69, 9.17) is 0 Å². The summed E-state index contributed by atoms with van der Waals surface area (Å²) < 4.78 is 0. The van der Waals surface area contributed by atoms with Gasteiger partial charge in [0.05, 0.1) is 4.92 Å². The fourth-order valence-electron chi connectivity index (χ4n) is 2.55. The van der Waals surface area contributed by atoms with Crippen LogP contribution in [0.2, 0.25) is 0 Å². The van der Waals surface area contributed by atoms with Crippen molar-refractivity contribution >= 4 is 17.3 Å². The molecule has 22 heavy (non-hydrogen) atoms. The molecule has 0 radical (unpaired) electrons. The average molecular weight is 306 g/mol. The first kappa shape index (κ1) is 16.2. The van der Waals surface area contributed by atoms with Gasteiger partial charge in [0.25, 0.3) is 5.69 Å². The van der Waals surface area contributed by atoms with Crippen molar-refractivity contribution in [3.63, 3.8) is 0 Å². The first-order valence-electron chi connectivity index (χ1n) is 7.55. The maximum Gasteiger partial charge on any atom is 0.292 e. The van der Waals surface area contributed by atoms with E-state index in [1.54, 1.807) is 18.2 Å². The Kier molecular flexibility index (Phi) is 5.71. The van der Waals surface area contributed by atoms with Crippen LogP contribution in [0, 0.1) is 16.0 Å². The summed E-state index contributed by atoms with van der Waals surface area (Å²) in [5, 5.41) is 20.1. The molecule has 1 aromatic rings. The van der Waals surface area contributed by atoms with Gasteiger partial charge in [0.15, 0.2) is 0 Å². The Hall–Kier alpha value is -2.15. The van der Waals surface area contributed by atoms with Crippen molar-refractivity contribution < 1.29 is 9.72 Å². The molecule has 0 aliphatic carbocycles. The summed E-state index contributed by atoms with van der Waals surface area (Å²) in [4.78, 5) is 22.4. The molecule has 0 spiro atoms. The molecule has 7 heteroatoms. The minimum atomic E-state index is -0.433. The van der Waals surface area contributed by atoms with E-state index < -0.39 is 4.92 Å². The van der Waals surface area contributed by atoms with Gasteiger partial charge in [-0.05, 0) is 24.9 Å². The highest BCUT2D eigenvalue weighted by atomic mass is 16.6. The van der Waals surface area contributed by atoms with Crippen LogP contribution >= 0.6 is 0 Å². The summed E-state index contributed by atoms with van der Waals surface area (Å²) in [5.41, 5.74) is 0.459. The maximum absolute atomic E-state index is 12.0. The highest BCUT2D eigenvalue weighted by molar-refractivity contribution is 5.77. The van der Waals surface area contributed by atoms with Crippen LogP contribution < -0.4 is 16.0 Å². The number of hydrogen-bond acceptors (Lipinski definition) is 5. The van der Waals surface area contributed by atoms with E-state index in [0.717, 1.165) is 19.5 Å². The van der Waals surface area contributed by atoms with Crippen molar-refractivity contribution in [1.29, 1.82) is 0 Å². The summed E-state index contributed by atoms with van der Waals surface area (Å²) in [6.07, 6.45) is 1.34. The standard InChI is InChI=1S/C15H22N4O3/c1-11-6-8-16-10-13(11)18-15(20)7-9-17-12-4-2-3-5-14(12)19(21)22/h2-5,11,13,16-17H,6-10H2,1H3,(H,18,20). The topological polar surface area (TPSA) is 96.3 Å². The quantitative estimate of drug-likeness (QED) is 0.547. The molecule has 0 saturated carbocycles. The molecule has 1 aliphatic heterocycles. The third-order valence-electron chi connectivity index (χ3n) is 3.94. The van der Waals surface area contributed by atoms with Crippen molar-refractivity contribution in [2.75, 3.05) is 25.0 Å². The van der Waals surface area contributed by atoms with Crippen molar-refractivity contribution in [2.24, 2.45) is 5.92 Å². The van der Waals surface area contributed by atoms with Gasteiger partial charge >= 0.3 is 0 Å². The molecule has 1 heterocycles. The summed E-state index contributed by atoms with van der Waals surface area (Å²) in [6, 6.07) is 6.59. The number of nitrogens with one attached hydrogen (secondary N) is 3. The molecular formula is C15H22N4O3. The molecule has 1 aliphatic rings. The SMILES string of the molecule is CC1CCNCC1NC(=O)CCNc1ccccc1[N+](=O)[O-]. The van der Waals surface area contributed by atoms with Crippen LogP contribution in [-0.2, 0) is 4.79 Å². The van der Waals surface area contributed by atoms with Gasteiger partial charge in [-0.25, -0.2) is 0 Å². The zero-order chi connectivity index (χ0) is 15.9. The van der Waals surface area contributed by atoms with Crippen molar-refractivity contribution in [3.05, 3.63) is 34.4 Å². The molecule has 2 unspecified atom stereocenters. The molecule has 0 bridgehead atoms. The first-order valence-corrected chi connectivity index (χ1v) is 7.55. The number of nitro groups is 1. The van der Waals surface area contributed by atoms with Crippen LogP contribution in [0.5, 0.6) is 0 Å². The van der Waals surface area contributed by atoms with Crippen LogP contribution in [0.3, 0.4) is 0 Å². The summed E-state index contributed by atoms with van der Waals surface area (Å²) in [5.74, 6) is 0.431. The molecule has 2 atom stereocenters. The fourth-order valence-corrected chi connectivity index (χ4v) is 2.55. The highest BCUT2D eigenvalue weighted by Gasteiger charge is 2.22. The number of carbonyl (C=O) groups is 1. The van der Waals surface area contributed by atoms with Crippen LogP contribution in [0.15, 0.2) is 24.3 Å². The Morgan fingerprint density at radius 1 is 1.45 bits per heavy atom. The highest BCUT2D eigenvalue weighted by Crippen LogP contribution is 2.22. The fraction of sp³-hybridized carbons (Fsp3) is 0.533. The lowest BCUT2D eigenvalue weighted by Gasteiger charge is -2.30. The number of benzene rings is 1. The van der Waals surface area contributed by atoms with Gasteiger partial charge in [-0.15, -0.1) is 0 Å². The molecule has 3 N–H and O–H groups in total. The van der Waals surface area contributed by atoms with Crippen molar-refractivity contribution in [3.8, 4) is 0 Å². The second kappa shape index (κ2) is 7.74. The van der Waals surface area contributed by atoms with E-state index in [1.807, 2.05) is 0 Å². The van der Waals surface area contributed by atoms with Gasteiger partial charge in [0, 0.05) is 31.6 Å². The van der Waals surface area contributed by atoms with Gasteiger partial charge in [0.2, 0.25) is 5.91 Å². The lowest BCUT2D eigenvalue weighted by molar-refractivity contribution is -0.384. The second-order valence-corrected chi connectivity index (χ2v) is 5.60. The van der Waals surface area contributed by atoms with E-state index >= 15 is 0 Å². The lowest BCUT2D eigenvalue weighted by Crippen LogP contribution is -2.50. The number of hydrogen-bond donors (Lipinski definition) is 3. The number of para-hydroxylation sites is 2. The Balaban J connectivity index is 1.78. The molecule has 1 aromatic carbocycles. The number of amides is 1. The first-order chi connectivity index (χ1) is 10.6. The summed E-state index contributed by atoms with van der Waals surface area (Å²) in [6.45, 7) is 4.29. The monoisotopic (exact) mass is 306 g/mol. The summed E-state index contributed by atoms with van der Waals surface area (Å²) >= 11 is 0. The lowest BCUT2D eigenvalue weighted by atomic mass is 9.95. The van der Waals surface area contributed by atoms with E-state index in [0.29, 0.717) is 18.2 Å². The Bertz CT molecular complexity index is 535. The number of nitrogens with zero attached hydrogens (tertiary/aromatic N) is 1. The van der Waals surface area contributed by atoms with E-state index in [9.17, 15) is 14.9 Å².